The van der Waals surface area contributed by atoms with Gasteiger partial charge in [-0.25, -0.2) is 0 Å². The van der Waals surface area contributed by atoms with E-state index in [9.17, 15) is 9.59 Å². The van der Waals surface area contributed by atoms with Crippen molar-refractivity contribution in [1.82, 2.24) is 5.32 Å². The van der Waals surface area contributed by atoms with Gasteiger partial charge in [-0.2, -0.15) is 0 Å². The summed E-state index contributed by atoms with van der Waals surface area (Å²) in [6, 6.07) is 8.49. The average molecular weight is 321 g/mol. The average Bonchev–Trinajstić information content (AvgIpc) is 3.35. The number of fused-ring (bicyclic) bond motifs is 1. The molecule has 2 fully saturated rings. The predicted molar refractivity (Wildman–Crippen MR) is 78.7 cm³/mol. The van der Waals surface area contributed by atoms with Crippen molar-refractivity contribution < 1.29 is 28.5 Å². The highest BCUT2D eigenvalue weighted by atomic mass is 16.7. The molecule has 2 aliphatic heterocycles. The van der Waals surface area contributed by atoms with Crippen molar-refractivity contribution in [1.29, 1.82) is 0 Å². The fourth-order valence-electron chi connectivity index (χ4n) is 2.72. The van der Waals surface area contributed by atoms with Crippen LogP contribution >= 0.6 is 0 Å². The third-order valence-electron chi connectivity index (χ3n) is 3.90. The highest BCUT2D eigenvalue weighted by Crippen LogP contribution is 2.38. The van der Waals surface area contributed by atoms with Gasteiger partial charge in [-0.15, -0.1) is 0 Å². The van der Waals surface area contributed by atoms with Gasteiger partial charge in [0.1, 0.15) is 31.0 Å². The minimum atomic E-state index is -0.660. The largest absolute Gasteiger partial charge is 0.463 e. The second kappa shape index (κ2) is 6.66. The van der Waals surface area contributed by atoms with Crippen LogP contribution in [-0.2, 0) is 23.7 Å². The molecule has 0 radical (unpaired) electrons. The highest BCUT2D eigenvalue weighted by molar-refractivity contribution is 5.94. The fraction of sp³-hybridized carbons (Fsp3) is 0.500. The lowest BCUT2D eigenvalue weighted by Gasteiger charge is -2.32. The smallest absolute Gasteiger partial charge is 0.302 e. The molecule has 23 heavy (non-hydrogen) atoms. The molecular formula is C16H19NO6. The number of carbonyl (C=O) groups is 2. The summed E-state index contributed by atoms with van der Waals surface area (Å²) in [5.41, 5.74) is 0.557. The van der Waals surface area contributed by atoms with Crippen molar-refractivity contribution in [2.45, 2.75) is 37.6 Å². The van der Waals surface area contributed by atoms with Crippen molar-refractivity contribution in [2.24, 2.45) is 0 Å². The topological polar surface area (TPSA) is 86.4 Å². The Balaban J connectivity index is 1.63. The third kappa shape index (κ3) is 3.52. The molecule has 124 valence electrons. The van der Waals surface area contributed by atoms with E-state index in [1.54, 1.807) is 24.3 Å². The Labute approximate surface area is 133 Å². The Morgan fingerprint density at radius 1 is 1.17 bits per heavy atom. The molecular weight excluding hydrogens is 302 g/mol. The van der Waals surface area contributed by atoms with Crippen LogP contribution in [0.25, 0.3) is 0 Å². The summed E-state index contributed by atoms with van der Waals surface area (Å²) in [7, 11) is 1.50. The van der Waals surface area contributed by atoms with Crippen LogP contribution in [0.1, 0.15) is 17.3 Å². The van der Waals surface area contributed by atoms with Crippen molar-refractivity contribution in [3.8, 4) is 0 Å². The number of hydrogen-bond acceptors (Lipinski definition) is 6. The first kappa shape index (κ1) is 15.9. The Morgan fingerprint density at radius 2 is 1.91 bits per heavy atom. The molecule has 1 amide bonds. The van der Waals surface area contributed by atoms with Gasteiger partial charge in [0, 0.05) is 19.6 Å². The Morgan fingerprint density at radius 3 is 2.57 bits per heavy atom. The molecule has 2 saturated heterocycles. The van der Waals surface area contributed by atoms with Crippen molar-refractivity contribution >= 4 is 11.9 Å². The number of esters is 1. The zero-order chi connectivity index (χ0) is 16.4. The lowest BCUT2D eigenvalue weighted by molar-refractivity contribution is -0.196. The van der Waals surface area contributed by atoms with Crippen molar-refractivity contribution in [2.75, 3.05) is 13.7 Å². The number of ether oxygens (including phenoxy) is 4. The first-order chi connectivity index (χ1) is 11.1. The van der Waals surface area contributed by atoms with Crippen molar-refractivity contribution in [3.05, 3.63) is 35.9 Å². The summed E-state index contributed by atoms with van der Waals surface area (Å²) in [6.07, 6.45) is -1.46. The summed E-state index contributed by atoms with van der Waals surface area (Å²) < 4.78 is 21.6. The van der Waals surface area contributed by atoms with Crippen LogP contribution < -0.4 is 5.32 Å². The molecule has 0 aliphatic carbocycles. The molecule has 2 aliphatic rings. The van der Waals surface area contributed by atoms with Gasteiger partial charge >= 0.3 is 5.97 Å². The molecule has 0 unspecified atom stereocenters. The van der Waals surface area contributed by atoms with Crippen molar-refractivity contribution in [3.63, 3.8) is 0 Å². The molecule has 3 rings (SSSR count). The number of nitrogens with one attached hydrogen (secondary N) is 1. The summed E-state index contributed by atoms with van der Waals surface area (Å²) in [5, 5.41) is 2.89. The molecule has 5 atom stereocenters. The number of amides is 1. The molecule has 7 heteroatoms. The molecule has 2 heterocycles. The standard InChI is InChI=1S/C16H19NO6/c1-9(18)21-8-11-13-14(23-13)12(16(20-2)22-11)17-15(19)10-6-4-3-5-7-10/h3-7,11-14,16H,8H2,1-2H3,(H,17,19)/t11-,12-,13-,14+,16-/m1/s1. The van der Waals surface area contributed by atoms with E-state index in [2.05, 4.69) is 5.32 Å². The van der Waals surface area contributed by atoms with E-state index in [0.717, 1.165) is 0 Å². The second-order valence-corrected chi connectivity index (χ2v) is 5.51. The lowest BCUT2D eigenvalue weighted by atomic mass is 10.0. The van der Waals surface area contributed by atoms with Gasteiger partial charge in [-0.05, 0) is 12.1 Å². The molecule has 0 spiro atoms. The summed E-state index contributed by atoms with van der Waals surface area (Å²) >= 11 is 0. The van der Waals surface area contributed by atoms with E-state index in [4.69, 9.17) is 18.9 Å². The predicted octanol–water partition coefficient (Wildman–Crippen LogP) is 0.487. The zero-order valence-corrected chi connectivity index (χ0v) is 12.9. The molecule has 1 N–H and O–H groups in total. The fourth-order valence-corrected chi connectivity index (χ4v) is 2.72. The van der Waals surface area contributed by atoms with Gasteiger partial charge in [0.15, 0.2) is 6.29 Å². The van der Waals surface area contributed by atoms with Crippen LogP contribution in [0.4, 0.5) is 0 Å². The maximum Gasteiger partial charge on any atom is 0.302 e. The van der Waals surface area contributed by atoms with E-state index in [-0.39, 0.29) is 30.7 Å². The van der Waals surface area contributed by atoms with Gasteiger partial charge in [-0.3, -0.25) is 9.59 Å². The third-order valence-corrected chi connectivity index (χ3v) is 3.90. The van der Waals surface area contributed by atoms with Gasteiger partial charge in [0.2, 0.25) is 0 Å². The van der Waals surface area contributed by atoms with Crippen LogP contribution in [0.3, 0.4) is 0 Å². The zero-order valence-electron chi connectivity index (χ0n) is 12.9. The minimum Gasteiger partial charge on any atom is -0.463 e. The van der Waals surface area contributed by atoms with E-state index in [1.165, 1.54) is 14.0 Å². The quantitative estimate of drug-likeness (QED) is 0.627. The monoisotopic (exact) mass is 321 g/mol. The molecule has 7 nitrogen and oxygen atoms in total. The van der Waals surface area contributed by atoms with Crippen LogP contribution in [0.5, 0.6) is 0 Å². The maximum atomic E-state index is 12.3. The summed E-state index contributed by atoms with van der Waals surface area (Å²) in [6.45, 7) is 1.44. The minimum absolute atomic E-state index is 0.107. The molecule has 1 aromatic carbocycles. The number of epoxide rings is 1. The highest BCUT2D eigenvalue weighted by Gasteiger charge is 2.58. The first-order valence-corrected chi connectivity index (χ1v) is 7.43. The normalized spacial score (nSPS) is 31.8. The Bertz CT molecular complexity index is 577. The number of benzene rings is 1. The summed E-state index contributed by atoms with van der Waals surface area (Å²) in [4.78, 5) is 23.2. The lowest BCUT2D eigenvalue weighted by Crippen LogP contribution is -2.55. The SMILES string of the molecule is CO[C@@H]1O[C@H](COC(C)=O)[C@H]2O[C@H]2[C@H]1NC(=O)c1ccccc1. The number of hydrogen-bond donors (Lipinski definition) is 1. The van der Waals surface area contributed by atoms with Crippen LogP contribution in [-0.4, -0.2) is 56.2 Å². The van der Waals surface area contributed by atoms with Gasteiger partial charge < -0.3 is 24.3 Å². The Hall–Kier alpha value is -1.96. The summed E-state index contributed by atoms with van der Waals surface area (Å²) in [5.74, 6) is -0.590. The second-order valence-electron chi connectivity index (χ2n) is 5.51. The van der Waals surface area contributed by atoms with Gasteiger partial charge in [-0.1, -0.05) is 18.2 Å². The van der Waals surface area contributed by atoms with Crippen LogP contribution in [0, 0.1) is 0 Å². The van der Waals surface area contributed by atoms with Gasteiger partial charge in [0.25, 0.3) is 5.91 Å². The van der Waals surface area contributed by atoms with Crippen LogP contribution in [0.2, 0.25) is 0 Å². The van der Waals surface area contributed by atoms with Gasteiger partial charge in [0.05, 0.1) is 0 Å². The molecule has 1 aromatic rings. The Kier molecular flexibility index (Phi) is 4.61. The molecule has 0 bridgehead atoms. The van der Waals surface area contributed by atoms with E-state index in [0.29, 0.717) is 5.56 Å². The van der Waals surface area contributed by atoms with E-state index in [1.807, 2.05) is 6.07 Å². The maximum absolute atomic E-state index is 12.3. The molecule has 0 saturated carbocycles. The molecule has 0 aromatic heterocycles. The van der Waals surface area contributed by atoms with Crippen LogP contribution in [0.15, 0.2) is 30.3 Å². The van der Waals surface area contributed by atoms with E-state index < -0.39 is 18.4 Å². The number of rotatable bonds is 5. The number of methoxy groups -OCH3 is 1. The number of carbonyl (C=O) groups excluding carboxylic acids is 2. The first-order valence-electron chi connectivity index (χ1n) is 7.43. The van der Waals surface area contributed by atoms with E-state index >= 15 is 0 Å².